The van der Waals surface area contributed by atoms with Crippen LogP contribution in [0.15, 0.2) is 16.9 Å². The first-order chi connectivity index (χ1) is 6.77. The second-order valence-corrected chi connectivity index (χ2v) is 2.99. The van der Waals surface area contributed by atoms with E-state index in [0.29, 0.717) is 12.0 Å². The molecule has 1 aromatic rings. The first-order valence-electron chi connectivity index (χ1n) is 5.03. The van der Waals surface area contributed by atoms with Gasteiger partial charge >= 0.3 is 0 Å². The highest BCUT2D eigenvalue weighted by atomic mass is 16.1. The van der Waals surface area contributed by atoms with E-state index in [4.69, 9.17) is 0 Å². The van der Waals surface area contributed by atoms with Crippen molar-refractivity contribution in [2.45, 2.75) is 33.1 Å². The van der Waals surface area contributed by atoms with Gasteiger partial charge in [-0.3, -0.25) is 9.59 Å². The summed E-state index contributed by atoms with van der Waals surface area (Å²) in [6.07, 6.45) is 2.28. The summed E-state index contributed by atoms with van der Waals surface area (Å²) < 4.78 is 0. The zero-order chi connectivity index (χ0) is 10.6. The van der Waals surface area contributed by atoms with Crippen LogP contribution in [0, 0.1) is 0 Å². The molecule has 3 heteroatoms. The Morgan fingerprint density at radius 3 is 2.57 bits per heavy atom. The molecule has 76 valence electrons. The lowest BCUT2D eigenvalue weighted by Crippen LogP contribution is -2.17. The predicted molar refractivity (Wildman–Crippen MR) is 55.7 cm³/mol. The van der Waals surface area contributed by atoms with E-state index in [1.54, 1.807) is 6.07 Å². The number of aromatic amines is 1. The Kier molecular flexibility index (Phi) is 3.63. The maximum Gasteiger partial charge on any atom is 0.248 e. The van der Waals surface area contributed by atoms with Crippen molar-refractivity contribution in [3.63, 3.8) is 0 Å². The summed E-state index contributed by atoms with van der Waals surface area (Å²) in [5, 5.41) is 0. The van der Waals surface area contributed by atoms with Gasteiger partial charge in [0.05, 0.1) is 0 Å². The first kappa shape index (κ1) is 10.7. The molecule has 0 unspecified atom stereocenters. The van der Waals surface area contributed by atoms with Gasteiger partial charge in [-0.1, -0.05) is 13.8 Å². The van der Waals surface area contributed by atoms with E-state index in [2.05, 4.69) is 4.98 Å². The molecule has 2 rings (SSSR count). The van der Waals surface area contributed by atoms with Crippen molar-refractivity contribution in [1.82, 2.24) is 4.98 Å². The van der Waals surface area contributed by atoms with Crippen molar-refractivity contribution in [3.8, 4) is 0 Å². The highest BCUT2D eigenvalue weighted by molar-refractivity contribution is 5.97. The summed E-state index contributed by atoms with van der Waals surface area (Å²) in [6.45, 7) is 4.00. The molecule has 1 aromatic heterocycles. The maximum atomic E-state index is 11.3. The van der Waals surface area contributed by atoms with Crippen LogP contribution in [0.25, 0.3) is 0 Å². The van der Waals surface area contributed by atoms with Gasteiger partial charge in [-0.25, -0.2) is 0 Å². The third-order valence-electron chi connectivity index (χ3n) is 2.13. The van der Waals surface area contributed by atoms with E-state index in [1.807, 2.05) is 13.8 Å². The maximum absolute atomic E-state index is 11.3. The summed E-state index contributed by atoms with van der Waals surface area (Å²) in [4.78, 5) is 24.8. The van der Waals surface area contributed by atoms with Gasteiger partial charge in [0.1, 0.15) is 0 Å². The summed E-state index contributed by atoms with van der Waals surface area (Å²) in [5.41, 5.74) is 1.38. The number of rotatable bonds is 0. The quantitative estimate of drug-likeness (QED) is 0.684. The molecule has 0 atom stereocenters. The van der Waals surface area contributed by atoms with Crippen LogP contribution in [0.2, 0.25) is 0 Å². The number of hydrogen-bond donors (Lipinski definition) is 1. The molecule has 3 nitrogen and oxygen atoms in total. The molecular formula is C11H15NO2. The molecular weight excluding hydrogens is 178 g/mol. The number of carbonyl (C=O) groups is 1. The molecule has 0 saturated carbocycles. The number of fused-ring (bicyclic) bond motifs is 1. The van der Waals surface area contributed by atoms with Crippen LogP contribution in [-0.2, 0) is 6.42 Å². The Hall–Kier alpha value is -1.38. The van der Waals surface area contributed by atoms with Crippen LogP contribution in [-0.4, -0.2) is 10.8 Å². The van der Waals surface area contributed by atoms with Crippen molar-refractivity contribution in [2.24, 2.45) is 0 Å². The molecule has 0 radical (unpaired) electrons. The fourth-order valence-corrected chi connectivity index (χ4v) is 1.54. The van der Waals surface area contributed by atoms with Crippen LogP contribution >= 0.6 is 0 Å². The van der Waals surface area contributed by atoms with Crippen LogP contribution in [0.5, 0.6) is 0 Å². The molecule has 1 aliphatic rings. The predicted octanol–water partition coefficient (Wildman–Crippen LogP) is 1.92. The number of aromatic nitrogens is 1. The minimum Gasteiger partial charge on any atom is -0.325 e. The Morgan fingerprint density at radius 2 is 1.86 bits per heavy atom. The van der Waals surface area contributed by atoms with Gasteiger partial charge in [-0.05, 0) is 18.9 Å². The average Bonchev–Trinajstić information content (AvgIpc) is 2.21. The summed E-state index contributed by atoms with van der Waals surface area (Å²) in [6, 6.07) is 3.03. The van der Waals surface area contributed by atoms with Crippen LogP contribution in [0.1, 0.15) is 42.7 Å². The third kappa shape index (κ3) is 2.10. The minimum absolute atomic E-state index is 0.122. The Labute approximate surface area is 83.2 Å². The molecule has 1 heterocycles. The Bertz CT molecular complexity index is 379. The molecule has 0 amide bonds. The van der Waals surface area contributed by atoms with E-state index >= 15 is 0 Å². The highest BCUT2D eigenvalue weighted by Gasteiger charge is 2.16. The number of hydrogen-bond acceptors (Lipinski definition) is 2. The van der Waals surface area contributed by atoms with Crippen molar-refractivity contribution >= 4 is 5.78 Å². The number of carbonyl (C=O) groups excluding carboxylic acids is 1. The van der Waals surface area contributed by atoms with Gasteiger partial charge in [-0.15, -0.1) is 0 Å². The third-order valence-corrected chi connectivity index (χ3v) is 2.13. The van der Waals surface area contributed by atoms with E-state index in [9.17, 15) is 9.59 Å². The van der Waals surface area contributed by atoms with Gasteiger partial charge in [0.15, 0.2) is 5.78 Å². The zero-order valence-corrected chi connectivity index (χ0v) is 8.59. The second-order valence-electron chi connectivity index (χ2n) is 2.99. The highest BCUT2D eigenvalue weighted by Crippen LogP contribution is 2.16. The van der Waals surface area contributed by atoms with Gasteiger partial charge in [0, 0.05) is 23.7 Å². The lowest BCUT2D eigenvalue weighted by Gasteiger charge is -2.12. The molecule has 0 saturated heterocycles. The topological polar surface area (TPSA) is 49.9 Å². The Balaban J connectivity index is 0.000000461. The van der Waals surface area contributed by atoms with E-state index in [0.717, 1.165) is 18.5 Å². The van der Waals surface area contributed by atoms with Gasteiger partial charge in [0.2, 0.25) is 5.56 Å². The molecule has 1 N–H and O–H groups in total. The molecule has 0 spiro atoms. The van der Waals surface area contributed by atoms with Gasteiger partial charge in [-0.2, -0.15) is 0 Å². The summed E-state index contributed by atoms with van der Waals surface area (Å²) in [5.74, 6) is 0.146. The lowest BCUT2D eigenvalue weighted by atomic mass is 9.95. The van der Waals surface area contributed by atoms with Crippen LogP contribution < -0.4 is 5.56 Å². The normalized spacial score (nSPS) is 14.0. The van der Waals surface area contributed by atoms with Crippen molar-refractivity contribution < 1.29 is 4.79 Å². The first-order valence-corrected chi connectivity index (χ1v) is 5.03. The van der Waals surface area contributed by atoms with E-state index in [-0.39, 0.29) is 11.3 Å². The second kappa shape index (κ2) is 4.74. The molecule has 0 aromatic carbocycles. The van der Waals surface area contributed by atoms with Crippen molar-refractivity contribution in [2.75, 3.05) is 0 Å². The SMILES string of the molecule is CC.O=C1CCCc2[nH]c(=O)ccc21. The number of H-pyrrole nitrogens is 1. The number of nitrogens with one attached hydrogen (secondary N) is 1. The standard InChI is InChI=1S/C9H9NO2.C2H6/c11-8-3-1-2-7-6(8)4-5-9(12)10-7;1-2/h4-5H,1-3H2,(H,10,12);1-2H3. The number of ketones is 1. The van der Waals surface area contributed by atoms with E-state index in [1.165, 1.54) is 6.07 Å². The van der Waals surface area contributed by atoms with Crippen molar-refractivity contribution in [1.29, 1.82) is 0 Å². The molecule has 0 fully saturated rings. The average molecular weight is 193 g/mol. The van der Waals surface area contributed by atoms with Crippen molar-refractivity contribution in [3.05, 3.63) is 33.7 Å². The molecule has 0 aliphatic heterocycles. The minimum atomic E-state index is -0.122. The van der Waals surface area contributed by atoms with E-state index < -0.39 is 0 Å². The van der Waals surface area contributed by atoms with Crippen LogP contribution in [0.4, 0.5) is 0 Å². The fourth-order valence-electron chi connectivity index (χ4n) is 1.54. The van der Waals surface area contributed by atoms with Crippen LogP contribution in [0.3, 0.4) is 0 Å². The Morgan fingerprint density at radius 1 is 1.14 bits per heavy atom. The molecule has 14 heavy (non-hydrogen) atoms. The van der Waals surface area contributed by atoms with Gasteiger partial charge in [0.25, 0.3) is 0 Å². The monoisotopic (exact) mass is 193 g/mol. The number of Topliss-reactive ketones (excluding diaryl/α,β-unsaturated/α-hetero) is 1. The molecule has 1 aliphatic carbocycles. The summed E-state index contributed by atoms with van der Waals surface area (Å²) >= 11 is 0. The largest absolute Gasteiger partial charge is 0.325 e. The number of pyridine rings is 1. The summed E-state index contributed by atoms with van der Waals surface area (Å²) in [7, 11) is 0. The van der Waals surface area contributed by atoms with Gasteiger partial charge < -0.3 is 4.98 Å². The zero-order valence-electron chi connectivity index (χ0n) is 8.59. The number of aryl methyl sites for hydroxylation is 1. The lowest BCUT2D eigenvalue weighted by molar-refractivity contribution is 0.0971. The fraction of sp³-hybridized carbons (Fsp3) is 0.455. The smallest absolute Gasteiger partial charge is 0.248 e. The molecule has 0 bridgehead atoms.